The zero-order chi connectivity index (χ0) is 24.6. The van der Waals surface area contributed by atoms with Crippen LogP contribution in [0.5, 0.6) is 0 Å². The van der Waals surface area contributed by atoms with Gasteiger partial charge in [0.1, 0.15) is 11.5 Å². The van der Waals surface area contributed by atoms with Gasteiger partial charge in [0, 0.05) is 47.0 Å². The van der Waals surface area contributed by atoms with E-state index in [2.05, 4.69) is 48.4 Å². The smallest absolute Gasteiger partial charge is 0.124 e. The predicted molar refractivity (Wildman–Crippen MR) is 140 cm³/mol. The van der Waals surface area contributed by atoms with Crippen LogP contribution in [0.1, 0.15) is 18.1 Å². The van der Waals surface area contributed by atoms with Gasteiger partial charge in [-0.25, -0.2) is 4.39 Å². The number of halogens is 1. The lowest BCUT2D eigenvalue weighted by atomic mass is 10.0. The molecule has 8 heteroatoms. The quantitative estimate of drug-likeness (QED) is 0.282. The van der Waals surface area contributed by atoms with E-state index in [9.17, 15) is 4.39 Å². The number of aryl methyl sites for hydroxylation is 1. The van der Waals surface area contributed by atoms with E-state index in [0.717, 1.165) is 79.8 Å². The molecule has 0 radical (unpaired) electrons. The van der Waals surface area contributed by atoms with Gasteiger partial charge in [0.25, 0.3) is 0 Å². The van der Waals surface area contributed by atoms with Gasteiger partial charge in [-0.1, -0.05) is 13.0 Å². The second-order valence-electron chi connectivity index (χ2n) is 8.90. The van der Waals surface area contributed by atoms with Gasteiger partial charge < -0.3 is 10.3 Å². The molecule has 7 nitrogen and oxygen atoms in total. The Kier molecular flexibility index (Phi) is 5.50. The Morgan fingerprint density at radius 2 is 1.75 bits per heavy atom. The number of rotatable bonds is 6. The zero-order valence-corrected chi connectivity index (χ0v) is 19.9. The molecule has 0 fully saturated rings. The summed E-state index contributed by atoms with van der Waals surface area (Å²) in [5.41, 5.74) is 8.71. The van der Waals surface area contributed by atoms with Gasteiger partial charge in [0.05, 0.1) is 34.8 Å². The molecule has 6 aromatic rings. The van der Waals surface area contributed by atoms with Crippen molar-refractivity contribution in [3.05, 3.63) is 84.3 Å². The molecule has 0 saturated carbocycles. The molecule has 36 heavy (non-hydrogen) atoms. The average molecular weight is 478 g/mol. The van der Waals surface area contributed by atoms with Crippen LogP contribution in [0.3, 0.4) is 0 Å². The highest BCUT2D eigenvalue weighted by Gasteiger charge is 2.16. The Morgan fingerprint density at radius 3 is 2.61 bits per heavy atom. The number of hydrogen-bond donors (Lipinski definition) is 3. The highest BCUT2D eigenvalue weighted by atomic mass is 19.1. The van der Waals surface area contributed by atoms with Gasteiger partial charge in [0.2, 0.25) is 0 Å². The average Bonchev–Trinajstić information content (AvgIpc) is 3.50. The number of benzene rings is 1. The largest absolute Gasteiger partial charge is 0.352 e. The molecule has 0 amide bonds. The van der Waals surface area contributed by atoms with E-state index in [4.69, 9.17) is 0 Å². The van der Waals surface area contributed by atoms with Crippen LogP contribution in [-0.2, 0) is 6.54 Å². The van der Waals surface area contributed by atoms with Crippen LogP contribution in [0.2, 0.25) is 0 Å². The lowest BCUT2D eigenvalue weighted by Gasteiger charge is -2.05. The maximum atomic E-state index is 14.1. The number of aromatic nitrogens is 6. The molecule has 5 heterocycles. The lowest BCUT2D eigenvalue weighted by molar-refractivity contribution is 0.627. The molecule has 5 aromatic heterocycles. The van der Waals surface area contributed by atoms with E-state index in [0.29, 0.717) is 0 Å². The van der Waals surface area contributed by atoms with Crippen LogP contribution in [0.15, 0.2) is 67.4 Å². The van der Waals surface area contributed by atoms with Crippen molar-refractivity contribution in [2.24, 2.45) is 0 Å². The summed E-state index contributed by atoms with van der Waals surface area (Å²) in [6.07, 6.45) is 9.03. The number of aromatic amines is 2. The first kappa shape index (κ1) is 22.1. The maximum Gasteiger partial charge on any atom is 0.124 e. The third-order valence-electron chi connectivity index (χ3n) is 6.27. The summed E-state index contributed by atoms with van der Waals surface area (Å²) in [6.45, 7) is 5.62. The minimum atomic E-state index is -0.264. The molecule has 0 atom stereocenters. The summed E-state index contributed by atoms with van der Waals surface area (Å²) >= 11 is 0. The Morgan fingerprint density at radius 1 is 0.861 bits per heavy atom. The van der Waals surface area contributed by atoms with Crippen molar-refractivity contribution in [1.29, 1.82) is 0 Å². The second kappa shape index (κ2) is 8.98. The third kappa shape index (κ3) is 4.01. The molecular formula is C28H24FN7. The first-order valence-electron chi connectivity index (χ1n) is 11.8. The topological polar surface area (TPSA) is 95.2 Å². The molecule has 0 aliphatic carbocycles. The molecule has 0 spiro atoms. The fourth-order valence-electron chi connectivity index (χ4n) is 4.57. The van der Waals surface area contributed by atoms with Crippen LogP contribution < -0.4 is 5.32 Å². The molecular weight excluding hydrogens is 453 g/mol. The summed E-state index contributed by atoms with van der Waals surface area (Å²) in [6, 6.07) is 11.2. The first-order valence-corrected chi connectivity index (χ1v) is 11.8. The Hall–Kier alpha value is -4.43. The molecule has 3 N–H and O–H groups in total. The van der Waals surface area contributed by atoms with Crippen molar-refractivity contribution in [3.8, 4) is 33.8 Å². The van der Waals surface area contributed by atoms with Gasteiger partial charge in [-0.2, -0.15) is 5.10 Å². The number of hydrogen-bond acceptors (Lipinski definition) is 5. The normalized spacial score (nSPS) is 11.5. The highest BCUT2D eigenvalue weighted by molar-refractivity contribution is 6.01. The monoisotopic (exact) mass is 477 g/mol. The summed E-state index contributed by atoms with van der Waals surface area (Å²) in [5.74, 6) is -0.264. The number of fused-ring (bicyclic) bond motifs is 2. The van der Waals surface area contributed by atoms with E-state index in [1.807, 2.05) is 37.5 Å². The van der Waals surface area contributed by atoms with Crippen molar-refractivity contribution in [2.75, 3.05) is 6.54 Å². The fourth-order valence-corrected chi connectivity index (χ4v) is 4.57. The van der Waals surface area contributed by atoms with Crippen molar-refractivity contribution < 1.29 is 4.39 Å². The minimum absolute atomic E-state index is 0.264. The van der Waals surface area contributed by atoms with Crippen molar-refractivity contribution in [3.63, 3.8) is 0 Å². The zero-order valence-electron chi connectivity index (χ0n) is 19.9. The minimum Gasteiger partial charge on any atom is -0.352 e. The van der Waals surface area contributed by atoms with Gasteiger partial charge >= 0.3 is 0 Å². The van der Waals surface area contributed by atoms with Crippen molar-refractivity contribution in [1.82, 2.24) is 35.5 Å². The first-order chi connectivity index (χ1) is 17.6. The summed E-state index contributed by atoms with van der Waals surface area (Å²) in [4.78, 5) is 16.9. The van der Waals surface area contributed by atoms with Crippen LogP contribution in [0, 0.1) is 12.7 Å². The Bertz CT molecular complexity index is 1700. The molecule has 0 saturated heterocycles. The standard InChI is InChI=1S/C28H24FN7/c1-3-30-10-17-6-19(12-31-11-17)24-9-22-27(15-33-24)35-36-28(22)25-8-21-23(13-32-14-26(21)34-25)18-4-16(2)5-20(29)7-18/h4-9,11-15,30,34H,3,10H2,1-2H3,(H,35,36). The summed E-state index contributed by atoms with van der Waals surface area (Å²) in [7, 11) is 0. The van der Waals surface area contributed by atoms with Gasteiger partial charge in [-0.05, 0) is 60.5 Å². The number of pyridine rings is 3. The van der Waals surface area contributed by atoms with E-state index < -0.39 is 0 Å². The maximum absolute atomic E-state index is 14.1. The van der Waals surface area contributed by atoms with E-state index in [-0.39, 0.29) is 5.82 Å². The summed E-state index contributed by atoms with van der Waals surface area (Å²) in [5, 5.41) is 12.9. The highest BCUT2D eigenvalue weighted by Crippen LogP contribution is 2.34. The Labute approximate surface area is 206 Å². The lowest BCUT2D eigenvalue weighted by Crippen LogP contribution is -2.11. The number of nitrogens with zero attached hydrogens (tertiary/aromatic N) is 4. The number of nitrogens with one attached hydrogen (secondary N) is 3. The number of H-pyrrole nitrogens is 2. The van der Waals surface area contributed by atoms with Crippen molar-refractivity contribution in [2.45, 2.75) is 20.4 Å². The van der Waals surface area contributed by atoms with Crippen molar-refractivity contribution >= 4 is 21.8 Å². The molecule has 178 valence electrons. The third-order valence-corrected chi connectivity index (χ3v) is 6.27. The van der Waals surface area contributed by atoms with Gasteiger partial charge in [-0.3, -0.25) is 20.1 Å². The SMILES string of the molecule is CCNCc1cncc(-c2cc3c(-c4cc5c(-c6cc(C)cc(F)c6)cncc5[nH]4)n[nH]c3cn2)c1. The molecule has 0 aliphatic rings. The Balaban J connectivity index is 1.44. The van der Waals surface area contributed by atoms with E-state index in [1.54, 1.807) is 18.6 Å². The van der Waals surface area contributed by atoms with Crippen LogP contribution >= 0.6 is 0 Å². The van der Waals surface area contributed by atoms with Gasteiger partial charge in [-0.15, -0.1) is 0 Å². The van der Waals surface area contributed by atoms with Crippen LogP contribution in [0.4, 0.5) is 4.39 Å². The van der Waals surface area contributed by atoms with E-state index >= 15 is 0 Å². The molecule has 0 aliphatic heterocycles. The molecule has 6 rings (SSSR count). The molecule has 0 bridgehead atoms. The summed E-state index contributed by atoms with van der Waals surface area (Å²) < 4.78 is 14.1. The molecule has 1 aromatic carbocycles. The van der Waals surface area contributed by atoms with Gasteiger partial charge in [0.15, 0.2) is 0 Å². The fraction of sp³-hybridized carbons (Fsp3) is 0.143. The van der Waals surface area contributed by atoms with E-state index in [1.165, 1.54) is 12.1 Å². The van der Waals surface area contributed by atoms with Crippen LogP contribution in [-0.4, -0.2) is 36.7 Å². The second-order valence-corrected chi connectivity index (χ2v) is 8.90. The van der Waals surface area contributed by atoms with Crippen LogP contribution in [0.25, 0.3) is 55.6 Å². The molecule has 0 unspecified atom stereocenters. The predicted octanol–water partition coefficient (Wildman–Crippen LogP) is 5.79.